The van der Waals surface area contributed by atoms with Crippen LogP contribution in [0.3, 0.4) is 0 Å². The zero-order valence-electron chi connectivity index (χ0n) is 10.8. The first-order valence-corrected chi connectivity index (χ1v) is 6.69. The quantitative estimate of drug-likeness (QED) is 0.844. The predicted molar refractivity (Wildman–Crippen MR) is 75.8 cm³/mol. The SMILES string of the molecule is Cc1cccc(CC2NCCc3ccccc32)c1. The van der Waals surface area contributed by atoms with Gasteiger partial charge in [-0.3, -0.25) is 0 Å². The van der Waals surface area contributed by atoms with E-state index in [0.29, 0.717) is 6.04 Å². The maximum absolute atomic E-state index is 3.64. The molecule has 1 N–H and O–H groups in total. The van der Waals surface area contributed by atoms with E-state index >= 15 is 0 Å². The fourth-order valence-corrected chi connectivity index (χ4v) is 2.85. The molecular weight excluding hydrogens is 218 g/mol. The Morgan fingerprint density at radius 2 is 2.00 bits per heavy atom. The van der Waals surface area contributed by atoms with Gasteiger partial charge in [-0.1, -0.05) is 54.1 Å². The van der Waals surface area contributed by atoms with Crippen LogP contribution in [0.1, 0.15) is 28.3 Å². The fraction of sp³-hybridized carbons (Fsp3) is 0.294. The van der Waals surface area contributed by atoms with Crippen molar-refractivity contribution in [1.82, 2.24) is 5.32 Å². The van der Waals surface area contributed by atoms with Crippen molar-refractivity contribution in [3.05, 3.63) is 70.8 Å². The van der Waals surface area contributed by atoms with Crippen LogP contribution in [0.2, 0.25) is 0 Å². The van der Waals surface area contributed by atoms with Crippen molar-refractivity contribution in [1.29, 1.82) is 0 Å². The normalized spacial score (nSPS) is 18.4. The number of benzene rings is 2. The third-order valence-electron chi connectivity index (χ3n) is 3.74. The van der Waals surface area contributed by atoms with Crippen LogP contribution in [-0.4, -0.2) is 6.54 Å². The highest BCUT2D eigenvalue weighted by molar-refractivity contribution is 5.34. The van der Waals surface area contributed by atoms with Crippen LogP contribution in [0.15, 0.2) is 48.5 Å². The van der Waals surface area contributed by atoms with Crippen LogP contribution >= 0.6 is 0 Å². The van der Waals surface area contributed by atoms with Crippen molar-refractivity contribution in [2.45, 2.75) is 25.8 Å². The molecule has 0 aromatic heterocycles. The first-order valence-electron chi connectivity index (χ1n) is 6.69. The van der Waals surface area contributed by atoms with Gasteiger partial charge in [0.05, 0.1) is 0 Å². The van der Waals surface area contributed by atoms with Gasteiger partial charge in [-0.2, -0.15) is 0 Å². The van der Waals surface area contributed by atoms with Gasteiger partial charge in [-0.25, -0.2) is 0 Å². The second kappa shape index (κ2) is 4.95. The maximum Gasteiger partial charge on any atom is 0.0363 e. The minimum atomic E-state index is 0.469. The van der Waals surface area contributed by atoms with Crippen molar-refractivity contribution in [3.63, 3.8) is 0 Å². The van der Waals surface area contributed by atoms with Gasteiger partial charge in [0.1, 0.15) is 0 Å². The van der Waals surface area contributed by atoms with E-state index in [1.165, 1.54) is 22.3 Å². The molecule has 0 radical (unpaired) electrons. The Hall–Kier alpha value is -1.60. The van der Waals surface area contributed by atoms with E-state index in [-0.39, 0.29) is 0 Å². The lowest BCUT2D eigenvalue weighted by atomic mass is 9.90. The van der Waals surface area contributed by atoms with Crippen LogP contribution in [0.5, 0.6) is 0 Å². The van der Waals surface area contributed by atoms with Crippen LogP contribution < -0.4 is 5.32 Å². The summed E-state index contributed by atoms with van der Waals surface area (Å²) >= 11 is 0. The summed E-state index contributed by atoms with van der Waals surface area (Å²) in [5.74, 6) is 0. The van der Waals surface area contributed by atoms with Crippen molar-refractivity contribution < 1.29 is 0 Å². The number of aryl methyl sites for hydroxylation is 1. The lowest BCUT2D eigenvalue weighted by molar-refractivity contribution is 0.502. The van der Waals surface area contributed by atoms with Gasteiger partial charge in [-0.05, 0) is 43.0 Å². The molecule has 0 saturated heterocycles. The molecule has 1 unspecified atom stereocenters. The molecule has 0 bridgehead atoms. The van der Waals surface area contributed by atoms with E-state index in [1.807, 2.05) is 0 Å². The Balaban J connectivity index is 1.86. The number of hydrogen-bond acceptors (Lipinski definition) is 1. The summed E-state index contributed by atoms with van der Waals surface area (Å²) in [6.45, 7) is 3.25. The van der Waals surface area contributed by atoms with E-state index < -0.39 is 0 Å². The topological polar surface area (TPSA) is 12.0 Å². The molecule has 1 nitrogen and oxygen atoms in total. The highest BCUT2D eigenvalue weighted by Crippen LogP contribution is 2.25. The molecule has 18 heavy (non-hydrogen) atoms. The van der Waals surface area contributed by atoms with Crippen LogP contribution in [-0.2, 0) is 12.8 Å². The zero-order chi connectivity index (χ0) is 12.4. The molecule has 3 rings (SSSR count). The molecule has 2 aromatic carbocycles. The summed E-state index contributed by atoms with van der Waals surface area (Å²) in [4.78, 5) is 0. The molecule has 1 aliphatic rings. The summed E-state index contributed by atoms with van der Waals surface area (Å²) in [6, 6.07) is 18.1. The Kier molecular flexibility index (Phi) is 3.16. The molecule has 0 fully saturated rings. The van der Waals surface area contributed by atoms with Crippen LogP contribution in [0, 0.1) is 6.92 Å². The number of fused-ring (bicyclic) bond motifs is 1. The summed E-state index contributed by atoms with van der Waals surface area (Å²) < 4.78 is 0. The summed E-state index contributed by atoms with van der Waals surface area (Å²) in [6.07, 6.45) is 2.24. The number of nitrogens with one attached hydrogen (secondary N) is 1. The largest absolute Gasteiger partial charge is 0.309 e. The molecule has 0 aliphatic carbocycles. The highest BCUT2D eigenvalue weighted by Gasteiger charge is 2.19. The van der Waals surface area contributed by atoms with Gasteiger partial charge >= 0.3 is 0 Å². The van der Waals surface area contributed by atoms with Gasteiger partial charge in [0.25, 0.3) is 0 Å². The van der Waals surface area contributed by atoms with Crippen molar-refractivity contribution in [3.8, 4) is 0 Å². The first-order chi connectivity index (χ1) is 8.83. The number of hydrogen-bond donors (Lipinski definition) is 1. The average Bonchev–Trinajstić information content (AvgIpc) is 2.39. The molecule has 0 spiro atoms. The van der Waals surface area contributed by atoms with Gasteiger partial charge < -0.3 is 5.32 Å². The molecule has 2 aromatic rings. The molecule has 1 aliphatic heterocycles. The van der Waals surface area contributed by atoms with E-state index in [2.05, 4.69) is 60.8 Å². The van der Waals surface area contributed by atoms with Crippen molar-refractivity contribution in [2.24, 2.45) is 0 Å². The minimum Gasteiger partial charge on any atom is -0.309 e. The summed E-state index contributed by atoms with van der Waals surface area (Å²) in [5, 5.41) is 3.64. The standard InChI is InChI=1S/C17H19N/c1-13-5-4-6-14(11-13)12-17-16-8-3-2-7-15(16)9-10-18-17/h2-8,11,17-18H,9-10,12H2,1H3. The molecule has 1 atom stereocenters. The highest BCUT2D eigenvalue weighted by atomic mass is 14.9. The molecule has 92 valence electrons. The molecule has 0 amide bonds. The van der Waals surface area contributed by atoms with E-state index in [0.717, 1.165) is 19.4 Å². The maximum atomic E-state index is 3.64. The van der Waals surface area contributed by atoms with Gasteiger partial charge in [-0.15, -0.1) is 0 Å². The van der Waals surface area contributed by atoms with E-state index in [1.54, 1.807) is 0 Å². The Morgan fingerprint density at radius 1 is 1.11 bits per heavy atom. The Bertz CT molecular complexity index is 545. The molecular formula is C17H19N. The number of rotatable bonds is 2. The molecule has 0 saturated carbocycles. The zero-order valence-corrected chi connectivity index (χ0v) is 10.8. The predicted octanol–water partition coefficient (Wildman–Crippen LogP) is 3.42. The van der Waals surface area contributed by atoms with Crippen LogP contribution in [0.25, 0.3) is 0 Å². The Labute approximate surface area is 109 Å². The monoisotopic (exact) mass is 237 g/mol. The van der Waals surface area contributed by atoms with Gasteiger partial charge in [0.15, 0.2) is 0 Å². The second-order valence-electron chi connectivity index (χ2n) is 5.15. The van der Waals surface area contributed by atoms with E-state index in [4.69, 9.17) is 0 Å². The molecule has 1 heteroatoms. The Morgan fingerprint density at radius 3 is 2.89 bits per heavy atom. The van der Waals surface area contributed by atoms with Crippen molar-refractivity contribution in [2.75, 3.05) is 6.54 Å². The molecule has 1 heterocycles. The van der Waals surface area contributed by atoms with Crippen LogP contribution in [0.4, 0.5) is 0 Å². The summed E-state index contributed by atoms with van der Waals surface area (Å²) in [5.41, 5.74) is 5.75. The second-order valence-corrected chi connectivity index (χ2v) is 5.15. The van der Waals surface area contributed by atoms with E-state index in [9.17, 15) is 0 Å². The third-order valence-corrected chi connectivity index (χ3v) is 3.74. The third kappa shape index (κ3) is 2.32. The summed E-state index contributed by atoms with van der Waals surface area (Å²) in [7, 11) is 0. The lowest BCUT2D eigenvalue weighted by Gasteiger charge is -2.27. The van der Waals surface area contributed by atoms with Gasteiger partial charge in [0.2, 0.25) is 0 Å². The lowest BCUT2D eigenvalue weighted by Crippen LogP contribution is -2.31. The van der Waals surface area contributed by atoms with Gasteiger partial charge in [0, 0.05) is 6.04 Å². The van der Waals surface area contributed by atoms with Crippen molar-refractivity contribution >= 4 is 0 Å². The fourth-order valence-electron chi connectivity index (χ4n) is 2.85. The minimum absolute atomic E-state index is 0.469. The first kappa shape index (κ1) is 11.5. The average molecular weight is 237 g/mol. The smallest absolute Gasteiger partial charge is 0.0363 e.